The Hall–Kier alpha value is -1.10. The van der Waals surface area contributed by atoms with Crippen LogP contribution in [0, 0.1) is 12.3 Å². The van der Waals surface area contributed by atoms with Crippen molar-refractivity contribution < 1.29 is 9.84 Å². The third-order valence-corrected chi connectivity index (χ3v) is 4.69. The summed E-state index contributed by atoms with van der Waals surface area (Å²) >= 11 is 0. The van der Waals surface area contributed by atoms with Crippen LogP contribution >= 0.6 is 0 Å². The number of aliphatic hydroxyl groups excluding tert-OH is 1. The highest BCUT2D eigenvalue weighted by atomic mass is 16.5. The van der Waals surface area contributed by atoms with Crippen LogP contribution in [0.5, 0.6) is 5.75 Å². The molecular weight excluding hydrogens is 300 g/mol. The summed E-state index contributed by atoms with van der Waals surface area (Å²) in [5.41, 5.74) is 2.82. The number of methoxy groups -OCH3 is 1. The molecule has 1 fully saturated rings. The molecule has 0 amide bonds. The third-order valence-electron chi connectivity index (χ3n) is 4.69. The van der Waals surface area contributed by atoms with Crippen LogP contribution in [0.3, 0.4) is 0 Å². The smallest absolute Gasteiger partial charge is 0.121 e. The Morgan fingerprint density at radius 3 is 2.58 bits per heavy atom. The molecule has 1 aromatic carbocycles. The molecule has 1 atom stereocenters. The summed E-state index contributed by atoms with van der Waals surface area (Å²) < 4.78 is 5.36. The van der Waals surface area contributed by atoms with Crippen molar-refractivity contribution in [2.24, 2.45) is 5.41 Å². The number of ether oxygens (including phenoxy) is 1. The van der Waals surface area contributed by atoms with Crippen molar-refractivity contribution in [3.05, 3.63) is 29.3 Å². The van der Waals surface area contributed by atoms with Gasteiger partial charge in [-0.25, -0.2) is 0 Å². The van der Waals surface area contributed by atoms with Crippen LogP contribution in [0.4, 0.5) is 0 Å². The van der Waals surface area contributed by atoms with E-state index in [1.165, 1.54) is 11.1 Å². The molecule has 1 aromatic rings. The highest BCUT2D eigenvalue weighted by Crippen LogP contribution is 2.23. The largest absolute Gasteiger partial charge is 0.496 e. The molecule has 1 saturated heterocycles. The predicted octanol–water partition coefficient (Wildman–Crippen LogP) is 2.92. The van der Waals surface area contributed by atoms with Crippen LogP contribution in [-0.2, 0) is 6.54 Å². The minimum absolute atomic E-state index is 0.256. The van der Waals surface area contributed by atoms with Gasteiger partial charge in [0, 0.05) is 45.4 Å². The van der Waals surface area contributed by atoms with E-state index < -0.39 is 0 Å². The number of rotatable bonds is 6. The first kappa shape index (κ1) is 19.2. The number of piperazine rings is 1. The highest BCUT2D eigenvalue weighted by Gasteiger charge is 2.28. The predicted molar refractivity (Wildman–Crippen MR) is 99.5 cm³/mol. The lowest BCUT2D eigenvalue weighted by molar-refractivity contribution is 0.0381. The average Bonchev–Trinajstić information content (AvgIpc) is 2.49. The van der Waals surface area contributed by atoms with Crippen LogP contribution in [0.2, 0.25) is 0 Å². The molecule has 0 saturated carbocycles. The van der Waals surface area contributed by atoms with Gasteiger partial charge >= 0.3 is 0 Å². The van der Waals surface area contributed by atoms with Gasteiger partial charge in [0.05, 0.1) is 7.11 Å². The fraction of sp³-hybridized carbons (Fsp3) is 0.700. The summed E-state index contributed by atoms with van der Waals surface area (Å²) in [6.07, 6.45) is 0.843. The van der Waals surface area contributed by atoms with Gasteiger partial charge in [-0.1, -0.05) is 32.9 Å². The molecular formula is C20H34N2O2. The molecule has 0 aliphatic carbocycles. The lowest BCUT2D eigenvalue weighted by Crippen LogP contribution is -2.54. The van der Waals surface area contributed by atoms with Gasteiger partial charge in [0.2, 0.25) is 0 Å². The van der Waals surface area contributed by atoms with Crippen LogP contribution in [0.25, 0.3) is 0 Å². The quantitative estimate of drug-likeness (QED) is 0.868. The van der Waals surface area contributed by atoms with Crippen molar-refractivity contribution in [1.82, 2.24) is 9.80 Å². The van der Waals surface area contributed by atoms with E-state index >= 15 is 0 Å². The molecule has 0 unspecified atom stereocenters. The molecule has 0 aromatic heterocycles. The zero-order valence-electron chi connectivity index (χ0n) is 16.0. The van der Waals surface area contributed by atoms with E-state index in [0.717, 1.165) is 44.9 Å². The van der Waals surface area contributed by atoms with Crippen molar-refractivity contribution in [3.63, 3.8) is 0 Å². The van der Waals surface area contributed by atoms with Gasteiger partial charge in [0.25, 0.3) is 0 Å². The monoisotopic (exact) mass is 334 g/mol. The number of aliphatic hydroxyl groups is 1. The Labute approximate surface area is 147 Å². The molecule has 1 aliphatic rings. The summed E-state index contributed by atoms with van der Waals surface area (Å²) in [5.74, 6) is 0.945. The number of hydrogen-bond acceptors (Lipinski definition) is 4. The zero-order chi connectivity index (χ0) is 17.7. The van der Waals surface area contributed by atoms with Crippen molar-refractivity contribution in [3.8, 4) is 5.75 Å². The van der Waals surface area contributed by atoms with Gasteiger partial charge in [-0.15, -0.1) is 0 Å². The Morgan fingerprint density at radius 1 is 1.25 bits per heavy atom. The molecule has 0 radical (unpaired) electrons. The van der Waals surface area contributed by atoms with E-state index in [1.54, 1.807) is 7.11 Å². The highest BCUT2D eigenvalue weighted by molar-refractivity contribution is 5.36. The second kappa shape index (κ2) is 8.32. The summed E-state index contributed by atoms with van der Waals surface area (Å²) in [4.78, 5) is 5.08. The van der Waals surface area contributed by atoms with Gasteiger partial charge in [-0.05, 0) is 36.0 Å². The van der Waals surface area contributed by atoms with E-state index in [-0.39, 0.29) is 6.61 Å². The standard InChI is InChI=1S/C20H34N2O2/c1-16-12-17(6-7-19(16)24-5)13-22-10-9-21(15-20(2,3)4)14-18(22)8-11-23/h6-7,12,18,23H,8-11,13-15H2,1-5H3/t18-/m1/s1. The van der Waals surface area contributed by atoms with Crippen molar-refractivity contribution >= 4 is 0 Å². The molecule has 2 rings (SSSR count). The van der Waals surface area contributed by atoms with E-state index in [2.05, 4.69) is 55.7 Å². The maximum atomic E-state index is 9.47. The minimum Gasteiger partial charge on any atom is -0.496 e. The summed E-state index contributed by atoms with van der Waals surface area (Å²) in [5, 5.41) is 9.47. The second-order valence-electron chi connectivity index (χ2n) is 8.24. The molecule has 4 heteroatoms. The molecule has 0 spiro atoms. The Morgan fingerprint density at radius 2 is 2.00 bits per heavy atom. The third kappa shape index (κ3) is 5.47. The van der Waals surface area contributed by atoms with Crippen LogP contribution in [0.1, 0.15) is 38.3 Å². The summed E-state index contributed by atoms with van der Waals surface area (Å²) in [7, 11) is 1.72. The first-order chi connectivity index (χ1) is 11.3. The van der Waals surface area contributed by atoms with E-state index in [4.69, 9.17) is 4.74 Å². The molecule has 4 nitrogen and oxygen atoms in total. The molecule has 136 valence electrons. The molecule has 24 heavy (non-hydrogen) atoms. The van der Waals surface area contributed by atoms with Crippen LogP contribution in [0.15, 0.2) is 18.2 Å². The van der Waals surface area contributed by atoms with Crippen LogP contribution < -0.4 is 4.74 Å². The lowest BCUT2D eigenvalue weighted by Gasteiger charge is -2.43. The average molecular weight is 335 g/mol. The number of benzene rings is 1. The fourth-order valence-electron chi connectivity index (χ4n) is 3.68. The Kier molecular flexibility index (Phi) is 6.67. The minimum atomic E-state index is 0.256. The first-order valence-electron chi connectivity index (χ1n) is 9.03. The van der Waals surface area contributed by atoms with Gasteiger partial charge in [0.1, 0.15) is 5.75 Å². The maximum Gasteiger partial charge on any atom is 0.121 e. The van der Waals surface area contributed by atoms with E-state index in [1.807, 2.05) is 0 Å². The molecule has 1 aliphatic heterocycles. The van der Waals surface area contributed by atoms with Crippen LogP contribution in [-0.4, -0.2) is 60.8 Å². The molecule has 0 bridgehead atoms. The summed E-state index contributed by atoms with van der Waals surface area (Å²) in [6.45, 7) is 14.5. The Bertz CT molecular complexity index is 525. The van der Waals surface area contributed by atoms with Crippen molar-refractivity contribution in [2.75, 3.05) is 39.9 Å². The zero-order valence-corrected chi connectivity index (χ0v) is 16.0. The Balaban J connectivity index is 2.02. The number of aryl methyl sites for hydroxylation is 1. The SMILES string of the molecule is COc1ccc(CN2CCN(CC(C)(C)C)C[C@H]2CCO)cc1C. The van der Waals surface area contributed by atoms with Gasteiger partial charge in [-0.2, -0.15) is 0 Å². The van der Waals surface area contributed by atoms with Crippen molar-refractivity contribution in [1.29, 1.82) is 0 Å². The van der Waals surface area contributed by atoms with Gasteiger partial charge in [0.15, 0.2) is 0 Å². The van der Waals surface area contributed by atoms with Gasteiger partial charge < -0.3 is 9.84 Å². The first-order valence-corrected chi connectivity index (χ1v) is 9.03. The van der Waals surface area contributed by atoms with E-state index in [0.29, 0.717) is 11.5 Å². The number of hydrogen-bond donors (Lipinski definition) is 1. The fourth-order valence-corrected chi connectivity index (χ4v) is 3.68. The second-order valence-corrected chi connectivity index (χ2v) is 8.24. The van der Waals surface area contributed by atoms with Crippen molar-refractivity contribution in [2.45, 2.75) is 46.7 Å². The number of nitrogens with zero attached hydrogens (tertiary/aromatic N) is 2. The topological polar surface area (TPSA) is 35.9 Å². The lowest BCUT2D eigenvalue weighted by atomic mass is 9.95. The molecule has 1 N–H and O–H groups in total. The van der Waals surface area contributed by atoms with E-state index in [9.17, 15) is 5.11 Å². The van der Waals surface area contributed by atoms with Gasteiger partial charge in [-0.3, -0.25) is 9.80 Å². The summed E-state index contributed by atoms with van der Waals surface area (Å²) in [6, 6.07) is 6.86. The normalized spacial score (nSPS) is 20.3. The maximum absolute atomic E-state index is 9.47. The molecule has 1 heterocycles.